The Labute approximate surface area is 137 Å². The third kappa shape index (κ3) is 5.20. The number of aromatic nitrogens is 1. The van der Waals surface area contributed by atoms with Crippen LogP contribution < -0.4 is 5.32 Å². The van der Waals surface area contributed by atoms with Crippen molar-refractivity contribution in [1.29, 1.82) is 0 Å². The van der Waals surface area contributed by atoms with Gasteiger partial charge in [-0.3, -0.25) is 4.98 Å². The highest BCUT2D eigenvalue weighted by molar-refractivity contribution is 9.10. The minimum Gasteiger partial charge on any atom is -0.313 e. The van der Waals surface area contributed by atoms with E-state index in [1.165, 1.54) is 20.7 Å². The summed E-state index contributed by atoms with van der Waals surface area (Å²) in [6.07, 6.45) is 4.20. The zero-order valence-corrected chi connectivity index (χ0v) is 14.7. The molecule has 0 spiro atoms. The first-order valence-electron chi connectivity index (χ1n) is 6.77. The summed E-state index contributed by atoms with van der Waals surface area (Å²) in [6, 6.07) is 8.90. The molecule has 1 aromatic carbocycles. The molecular weight excluding hydrogens is 352 g/mol. The highest BCUT2D eigenvalue weighted by Crippen LogP contribution is 2.28. The average molecular weight is 371 g/mol. The second kappa shape index (κ2) is 8.82. The fourth-order valence-electron chi connectivity index (χ4n) is 1.88. The molecule has 0 bridgehead atoms. The van der Waals surface area contributed by atoms with Gasteiger partial charge in [0.25, 0.3) is 0 Å². The van der Waals surface area contributed by atoms with Crippen LogP contribution in [0.5, 0.6) is 0 Å². The van der Waals surface area contributed by atoms with Crippen molar-refractivity contribution < 1.29 is 0 Å². The Hall–Kier alpha value is -0.360. The number of hydrogen-bond acceptors (Lipinski definition) is 4. The lowest BCUT2D eigenvalue weighted by Gasteiger charge is -2.17. The summed E-state index contributed by atoms with van der Waals surface area (Å²) in [5, 5.41) is 3.64. The first kappa shape index (κ1) is 16.0. The van der Waals surface area contributed by atoms with E-state index in [1.807, 2.05) is 23.5 Å². The van der Waals surface area contributed by atoms with Gasteiger partial charge in [0.15, 0.2) is 0 Å². The molecule has 0 saturated carbocycles. The molecule has 20 heavy (non-hydrogen) atoms. The van der Waals surface area contributed by atoms with Crippen LogP contribution in [-0.2, 0) is 6.42 Å². The van der Waals surface area contributed by atoms with Crippen molar-refractivity contribution in [3.05, 3.63) is 45.3 Å². The second-order valence-electron chi connectivity index (χ2n) is 4.56. The highest BCUT2D eigenvalue weighted by atomic mass is 79.9. The standard InChI is InChI=1S/C15H19BrN2S2/c1-2-7-18-12(8-13-9-17-11-20-13)10-19-15-6-4-3-5-14(15)16/h3-6,9,11-12,18H,2,7-8,10H2,1H3. The predicted molar refractivity (Wildman–Crippen MR) is 92.8 cm³/mol. The van der Waals surface area contributed by atoms with Gasteiger partial charge in [-0.05, 0) is 47.4 Å². The number of nitrogens with one attached hydrogen (secondary N) is 1. The molecule has 1 unspecified atom stereocenters. The molecule has 1 heterocycles. The van der Waals surface area contributed by atoms with E-state index in [9.17, 15) is 0 Å². The number of rotatable bonds is 8. The molecule has 2 rings (SSSR count). The zero-order valence-electron chi connectivity index (χ0n) is 11.5. The molecule has 0 radical (unpaired) electrons. The largest absolute Gasteiger partial charge is 0.313 e. The van der Waals surface area contributed by atoms with E-state index in [2.05, 4.69) is 57.4 Å². The Balaban J connectivity index is 1.91. The van der Waals surface area contributed by atoms with Gasteiger partial charge in [0.2, 0.25) is 0 Å². The van der Waals surface area contributed by atoms with E-state index in [0.717, 1.165) is 18.7 Å². The topological polar surface area (TPSA) is 24.9 Å². The second-order valence-corrected chi connectivity index (χ2v) is 7.45. The third-order valence-electron chi connectivity index (χ3n) is 2.89. The van der Waals surface area contributed by atoms with Crippen molar-refractivity contribution in [2.24, 2.45) is 0 Å². The van der Waals surface area contributed by atoms with Crippen molar-refractivity contribution in [3.63, 3.8) is 0 Å². The van der Waals surface area contributed by atoms with Crippen molar-refractivity contribution >= 4 is 39.0 Å². The van der Waals surface area contributed by atoms with Gasteiger partial charge >= 0.3 is 0 Å². The molecule has 0 aliphatic rings. The predicted octanol–water partition coefficient (Wildman–Crippen LogP) is 4.61. The molecule has 1 atom stereocenters. The van der Waals surface area contributed by atoms with Gasteiger partial charge in [-0.2, -0.15) is 0 Å². The Morgan fingerprint density at radius 2 is 2.25 bits per heavy atom. The fourth-order valence-corrected chi connectivity index (χ4v) is 4.18. The van der Waals surface area contributed by atoms with E-state index in [4.69, 9.17) is 0 Å². The number of benzene rings is 1. The van der Waals surface area contributed by atoms with Gasteiger partial charge in [-0.15, -0.1) is 23.1 Å². The third-order valence-corrected chi connectivity index (χ3v) is 5.88. The maximum atomic E-state index is 4.16. The number of thiazole rings is 1. The molecule has 0 aliphatic heterocycles. The molecule has 0 aliphatic carbocycles. The summed E-state index contributed by atoms with van der Waals surface area (Å²) in [6.45, 7) is 3.28. The first-order valence-corrected chi connectivity index (χ1v) is 9.43. The van der Waals surface area contributed by atoms with E-state index < -0.39 is 0 Å². The van der Waals surface area contributed by atoms with Crippen LogP contribution in [0.2, 0.25) is 0 Å². The van der Waals surface area contributed by atoms with Crippen LogP contribution in [0.15, 0.2) is 45.3 Å². The van der Waals surface area contributed by atoms with E-state index in [1.54, 1.807) is 11.3 Å². The lowest BCUT2D eigenvalue weighted by Crippen LogP contribution is -2.33. The summed E-state index contributed by atoms with van der Waals surface area (Å²) < 4.78 is 1.18. The number of halogens is 1. The summed E-state index contributed by atoms with van der Waals surface area (Å²) in [5.41, 5.74) is 1.91. The summed E-state index contributed by atoms with van der Waals surface area (Å²) in [5.74, 6) is 1.07. The number of nitrogens with zero attached hydrogens (tertiary/aromatic N) is 1. The molecule has 2 aromatic rings. The first-order chi connectivity index (χ1) is 9.79. The van der Waals surface area contributed by atoms with Gasteiger partial charge in [0, 0.05) is 32.2 Å². The monoisotopic (exact) mass is 370 g/mol. The molecule has 2 nitrogen and oxygen atoms in total. The maximum Gasteiger partial charge on any atom is 0.0794 e. The summed E-state index contributed by atoms with van der Waals surface area (Å²) in [7, 11) is 0. The normalized spacial score (nSPS) is 12.5. The minimum absolute atomic E-state index is 0.493. The van der Waals surface area contributed by atoms with Gasteiger partial charge in [0.1, 0.15) is 0 Å². The van der Waals surface area contributed by atoms with Crippen molar-refractivity contribution in [3.8, 4) is 0 Å². The Kier molecular flexibility index (Phi) is 7.07. The van der Waals surface area contributed by atoms with Gasteiger partial charge in [-0.1, -0.05) is 19.1 Å². The molecule has 1 N–H and O–H groups in total. The van der Waals surface area contributed by atoms with E-state index >= 15 is 0 Å². The number of thioether (sulfide) groups is 1. The molecule has 0 saturated heterocycles. The van der Waals surface area contributed by atoms with Crippen molar-refractivity contribution in [2.45, 2.75) is 30.7 Å². The lowest BCUT2D eigenvalue weighted by molar-refractivity contribution is 0.553. The minimum atomic E-state index is 0.493. The van der Waals surface area contributed by atoms with Gasteiger partial charge in [-0.25, -0.2) is 0 Å². The average Bonchev–Trinajstić information content (AvgIpc) is 2.96. The Morgan fingerprint density at radius 1 is 1.40 bits per heavy atom. The van der Waals surface area contributed by atoms with Gasteiger partial charge in [0.05, 0.1) is 5.51 Å². The van der Waals surface area contributed by atoms with Crippen LogP contribution in [0.25, 0.3) is 0 Å². The SMILES string of the molecule is CCCNC(CSc1ccccc1Br)Cc1cncs1. The highest BCUT2D eigenvalue weighted by Gasteiger charge is 2.11. The molecular formula is C15H19BrN2S2. The van der Waals surface area contributed by atoms with Crippen LogP contribution in [-0.4, -0.2) is 23.3 Å². The lowest BCUT2D eigenvalue weighted by atomic mass is 10.2. The fraction of sp³-hybridized carbons (Fsp3) is 0.400. The van der Waals surface area contributed by atoms with Crippen LogP contribution in [0.4, 0.5) is 0 Å². The quantitative estimate of drug-likeness (QED) is 0.686. The van der Waals surface area contributed by atoms with Crippen molar-refractivity contribution in [2.75, 3.05) is 12.3 Å². The maximum absolute atomic E-state index is 4.16. The molecule has 0 amide bonds. The molecule has 0 fully saturated rings. The van der Waals surface area contributed by atoms with Gasteiger partial charge < -0.3 is 5.32 Å². The van der Waals surface area contributed by atoms with Crippen LogP contribution in [0.1, 0.15) is 18.2 Å². The molecule has 5 heteroatoms. The van der Waals surface area contributed by atoms with E-state index in [0.29, 0.717) is 6.04 Å². The van der Waals surface area contributed by atoms with E-state index in [-0.39, 0.29) is 0 Å². The molecule has 108 valence electrons. The number of hydrogen-bond donors (Lipinski definition) is 1. The summed E-state index contributed by atoms with van der Waals surface area (Å²) in [4.78, 5) is 6.82. The van der Waals surface area contributed by atoms with Crippen LogP contribution in [0, 0.1) is 0 Å². The van der Waals surface area contributed by atoms with Crippen LogP contribution >= 0.6 is 39.0 Å². The zero-order chi connectivity index (χ0) is 14.2. The van der Waals surface area contributed by atoms with Crippen molar-refractivity contribution in [1.82, 2.24) is 10.3 Å². The summed E-state index contributed by atoms with van der Waals surface area (Å²) >= 11 is 7.25. The van der Waals surface area contributed by atoms with Crippen LogP contribution in [0.3, 0.4) is 0 Å². The molecule has 1 aromatic heterocycles. The Morgan fingerprint density at radius 3 is 2.95 bits per heavy atom. The smallest absolute Gasteiger partial charge is 0.0794 e. The Bertz CT molecular complexity index is 502.